The summed E-state index contributed by atoms with van der Waals surface area (Å²) in [6.07, 6.45) is 3.12. The lowest BCUT2D eigenvalue weighted by molar-refractivity contribution is -0.255. The minimum Gasteiger partial charge on any atom is -0.545 e. The van der Waals surface area contributed by atoms with E-state index in [0.717, 1.165) is 4.47 Å². The molecule has 0 fully saturated rings. The molecule has 27 heavy (non-hydrogen) atoms. The quantitative estimate of drug-likeness (QED) is 0.342. The topological polar surface area (TPSA) is 91.9 Å². The summed E-state index contributed by atoms with van der Waals surface area (Å²) in [4.78, 5) is 27.9. The summed E-state index contributed by atoms with van der Waals surface area (Å²) in [7, 11) is 0. The summed E-state index contributed by atoms with van der Waals surface area (Å²) < 4.78 is 11.4. The number of carbonyl (C=O) groups is 2. The lowest BCUT2D eigenvalue weighted by Gasteiger charge is -2.11. The highest BCUT2D eigenvalue weighted by Crippen LogP contribution is 2.23. The molecule has 0 aliphatic rings. The largest absolute Gasteiger partial charge is 0.545 e. The number of hydrogen-bond acceptors (Lipinski definition) is 6. The summed E-state index contributed by atoms with van der Waals surface area (Å²) in [6, 6.07) is 14.3. The van der Waals surface area contributed by atoms with Crippen molar-refractivity contribution >= 4 is 34.1 Å². The van der Waals surface area contributed by atoms with Gasteiger partial charge in [-0.05, 0) is 36.4 Å². The second kappa shape index (κ2) is 8.46. The number of nitrogens with zero attached hydrogens (tertiary/aromatic N) is 1. The Kier molecular flexibility index (Phi) is 5.83. The van der Waals surface area contributed by atoms with Gasteiger partial charge in [0.15, 0.2) is 0 Å². The number of esters is 1. The molecule has 6 nitrogen and oxygen atoms in total. The van der Waals surface area contributed by atoms with Gasteiger partial charge < -0.3 is 19.1 Å². The van der Waals surface area contributed by atoms with Crippen molar-refractivity contribution in [1.82, 2.24) is 0 Å². The summed E-state index contributed by atoms with van der Waals surface area (Å²) in [5.41, 5.74) is 0.238. The van der Waals surface area contributed by atoms with Gasteiger partial charge in [-0.3, -0.25) is 4.99 Å². The monoisotopic (exact) mass is 426 g/mol. The van der Waals surface area contributed by atoms with Crippen LogP contribution in [-0.2, 0) is 6.54 Å². The van der Waals surface area contributed by atoms with Crippen molar-refractivity contribution in [1.29, 1.82) is 0 Å². The molecule has 0 unspecified atom stereocenters. The molecule has 0 radical (unpaired) electrons. The van der Waals surface area contributed by atoms with Crippen LogP contribution < -0.4 is 9.84 Å². The number of carboxylic acid groups (broad SMARTS) is 1. The Hall–Kier alpha value is -3.19. The maximum Gasteiger partial charge on any atom is 0.344 e. The van der Waals surface area contributed by atoms with Gasteiger partial charge in [0, 0.05) is 21.8 Å². The van der Waals surface area contributed by atoms with Gasteiger partial charge in [0.25, 0.3) is 0 Å². The lowest BCUT2D eigenvalue weighted by Crippen LogP contribution is -2.26. The normalized spacial score (nSPS) is 10.9. The van der Waals surface area contributed by atoms with Gasteiger partial charge in [0.2, 0.25) is 0 Å². The predicted molar refractivity (Wildman–Crippen MR) is 99.9 cm³/mol. The number of rotatable bonds is 6. The fourth-order valence-corrected chi connectivity index (χ4v) is 2.72. The van der Waals surface area contributed by atoms with Gasteiger partial charge in [-0.15, -0.1) is 0 Å². The standard InChI is InChI=1S/C20H14BrNO5/c21-14-7-8-18(13(10-14)11-22-12-15-4-3-9-26-15)27-20(25)17-6-2-1-5-16(17)19(23)24/h1-11H,12H2,(H,23,24)/p-1. The molecule has 136 valence electrons. The highest BCUT2D eigenvalue weighted by Gasteiger charge is 2.15. The fourth-order valence-electron chi connectivity index (χ4n) is 2.34. The molecule has 0 aliphatic carbocycles. The molecule has 0 bridgehead atoms. The Balaban J connectivity index is 1.83. The Labute approximate surface area is 163 Å². The number of hydrogen-bond donors (Lipinski definition) is 0. The molecule has 0 saturated heterocycles. The van der Waals surface area contributed by atoms with Crippen LogP contribution in [0.5, 0.6) is 5.75 Å². The maximum absolute atomic E-state index is 12.5. The molecule has 0 N–H and O–H groups in total. The average molecular weight is 427 g/mol. The zero-order valence-corrected chi connectivity index (χ0v) is 15.5. The molecule has 0 atom stereocenters. The molecule has 7 heteroatoms. The molecule has 3 aromatic rings. The lowest BCUT2D eigenvalue weighted by atomic mass is 10.1. The third-order valence-electron chi connectivity index (χ3n) is 3.60. The number of ether oxygens (including phenoxy) is 1. The minimum atomic E-state index is -1.45. The van der Waals surface area contributed by atoms with Crippen LogP contribution in [0.4, 0.5) is 0 Å². The summed E-state index contributed by atoms with van der Waals surface area (Å²) in [5, 5.41) is 11.2. The Morgan fingerprint density at radius 1 is 1.11 bits per heavy atom. The second-order valence-electron chi connectivity index (χ2n) is 5.45. The van der Waals surface area contributed by atoms with Crippen LogP contribution in [0.25, 0.3) is 0 Å². The van der Waals surface area contributed by atoms with Gasteiger partial charge in [-0.2, -0.15) is 0 Å². The maximum atomic E-state index is 12.5. The smallest absolute Gasteiger partial charge is 0.344 e. The number of benzene rings is 2. The van der Waals surface area contributed by atoms with E-state index in [1.54, 1.807) is 48.9 Å². The average Bonchev–Trinajstić information content (AvgIpc) is 3.17. The Bertz CT molecular complexity index is 995. The Morgan fingerprint density at radius 3 is 2.59 bits per heavy atom. The van der Waals surface area contributed by atoms with Crippen molar-refractivity contribution in [3.63, 3.8) is 0 Å². The van der Waals surface area contributed by atoms with E-state index >= 15 is 0 Å². The molecule has 0 amide bonds. The van der Waals surface area contributed by atoms with Crippen molar-refractivity contribution in [3.05, 3.63) is 87.8 Å². The molecule has 0 aliphatic heterocycles. The third-order valence-corrected chi connectivity index (χ3v) is 4.09. The van der Waals surface area contributed by atoms with E-state index in [9.17, 15) is 14.7 Å². The van der Waals surface area contributed by atoms with Crippen LogP contribution in [0.15, 0.2) is 74.7 Å². The molecule has 1 heterocycles. The number of aliphatic imine (C=N–C) groups is 1. The minimum absolute atomic E-state index is 0.0844. The van der Waals surface area contributed by atoms with E-state index in [1.807, 2.05) is 0 Å². The van der Waals surface area contributed by atoms with Gasteiger partial charge in [-0.1, -0.05) is 34.1 Å². The van der Waals surface area contributed by atoms with Crippen molar-refractivity contribution in [2.45, 2.75) is 6.54 Å². The summed E-state index contributed by atoms with van der Waals surface area (Å²) >= 11 is 3.36. The molecular formula is C20H13BrNO5-. The van der Waals surface area contributed by atoms with E-state index < -0.39 is 11.9 Å². The first-order valence-corrected chi connectivity index (χ1v) is 8.68. The van der Waals surface area contributed by atoms with Gasteiger partial charge in [-0.25, -0.2) is 4.79 Å². The zero-order chi connectivity index (χ0) is 19.2. The highest BCUT2D eigenvalue weighted by molar-refractivity contribution is 9.10. The second-order valence-corrected chi connectivity index (χ2v) is 6.37. The van der Waals surface area contributed by atoms with Crippen LogP contribution in [0.1, 0.15) is 32.0 Å². The van der Waals surface area contributed by atoms with E-state index in [1.165, 1.54) is 18.2 Å². The number of carbonyl (C=O) groups excluding carboxylic acids is 2. The molecule has 0 saturated carbocycles. The highest BCUT2D eigenvalue weighted by atomic mass is 79.9. The zero-order valence-electron chi connectivity index (χ0n) is 13.9. The van der Waals surface area contributed by atoms with Gasteiger partial charge in [0.05, 0.1) is 24.3 Å². The van der Waals surface area contributed by atoms with Crippen molar-refractivity contribution in [2.24, 2.45) is 4.99 Å². The molecule has 0 spiro atoms. The van der Waals surface area contributed by atoms with Crippen molar-refractivity contribution < 1.29 is 23.8 Å². The first-order chi connectivity index (χ1) is 13.0. The number of aromatic carboxylic acids is 1. The van der Waals surface area contributed by atoms with E-state index in [4.69, 9.17) is 9.15 Å². The molecule has 3 rings (SSSR count). The summed E-state index contributed by atoms with van der Waals surface area (Å²) in [5.74, 6) is -1.29. The summed E-state index contributed by atoms with van der Waals surface area (Å²) in [6.45, 7) is 0.334. The van der Waals surface area contributed by atoms with Crippen molar-refractivity contribution in [2.75, 3.05) is 0 Å². The number of furan rings is 1. The van der Waals surface area contributed by atoms with E-state index in [-0.39, 0.29) is 16.9 Å². The fraction of sp³-hybridized carbons (Fsp3) is 0.0500. The van der Waals surface area contributed by atoms with Crippen LogP contribution in [-0.4, -0.2) is 18.2 Å². The third kappa shape index (κ3) is 4.71. The van der Waals surface area contributed by atoms with Gasteiger partial charge >= 0.3 is 5.97 Å². The van der Waals surface area contributed by atoms with E-state index in [2.05, 4.69) is 20.9 Å². The van der Waals surface area contributed by atoms with Crippen LogP contribution >= 0.6 is 15.9 Å². The van der Waals surface area contributed by atoms with Crippen LogP contribution in [0.2, 0.25) is 0 Å². The van der Waals surface area contributed by atoms with E-state index in [0.29, 0.717) is 17.9 Å². The molecular weight excluding hydrogens is 414 g/mol. The predicted octanol–water partition coefficient (Wildman–Crippen LogP) is 3.24. The first-order valence-electron chi connectivity index (χ1n) is 7.89. The SMILES string of the molecule is O=C([O-])c1ccccc1C(=O)Oc1ccc(Br)cc1C=NCc1ccco1. The number of carboxylic acids is 1. The molecule has 2 aromatic carbocycles. The van der Waals surface area contributed by atoms with Crippen molar-refractivity contribution in [3.8, 4) is 5.75 Å². The molecule has 1 aromatic heterocycles. The van der Waals surface area contributed by atoms with Crippen LogP contribution in [0, 0.1) is 0 Å². The van der Waals surface area contributed by atoms with Gasteiger partial charge in [0.1, 0.15) is 11.5 Å². The Morgan fingerprint density at radius 2 is 1.89 bits per heavy atom. The first kappa shape index (κ1) is 18.6. The number of halogens is 1. The van der Waals surface area contributed by atoms with Crippen LogP contribution in [0.3, 0.4) is 0 Å².